The Labute approximate surface area is 113 Å². The predicted molar refractivity (Wildman–Crippen MR) is 73.6 cm³/mol. The summed E-state index contributed by atoms with van der Waals surface area (Å²) in [6.07, 6.45) is 0. The second-order valence-electron chi connectivity index (χ2n) is 4.97. The first-order valence-corrected chi connectivity index (χ1v) is 6.45. The highest BCUT2D eigenvalue weighted by molar-refractivity contribution is 5.60. The number of hydrogen-bond acceptors (Lipinski definition) is 4. The van der Waals surface area contributed by atoms with E-state index in [9.17, 15) is 4.39 Å². The summed E-state index contributed by atoms with van der Waals surface area (Å²) in [5.74, 6) is -0.382. The van der Waals surface area contributed by atoms with Crippen molar-refractivity contribution in [2.45, 2.75) is 6.54 Å². The number of nitrogens with zero attached hydrogens (tertiary/aromatic N) is 3. The number of piperazine rings is 1. The third-order valence-corrected chi connectivity index (χ3v) is 3.40. The Kier molecular flexibility index (Phi) is 4.35. The Morgan fingerprint density at radius 2 is 2.05 bits per heavy atom. The lowest BCUT2D eigenvalue weighted by Crippen LogP contribution is -2.43. The summed E-state index contributed by atoms with van der Waals surface area (Å²) >= 11 is 0. The summed E-state index contributed by atoms with van der Waals surface area (Å²) in [5.41, 5.74) is 1.37. The van der Waals surface area contributed by atoms with Crippen LogP contribution in [0.5, 0.6) is 0 Å². The SMILES string of the molecule is CN(C)c1ccc(CN2CCNCC2)c(F)c1C#N. The van der Waals surface area contributed by atoms with E-state index in [-0.39, 0.29) is 11.4 Å². The number of hydrogen-bond donors (Lipinski definition) is 1. The second kappa shape index (κ2) is 6.00. The predicted octanol–water partition coefficient (Wildman–Crippen LogP) is 1.17. The molecule has 0 bridgehead atoms. The van der Waals surface area contributed by atoms with Gasteiger partial charge in [-0.15, -0.1) is 0 Å². The molecule has 1 N–H and O–H groups in total. The van der Waals surface area contributed by atoms with Gasteiger partial charge in [0.15, 0.2) is 0 Å². The van der Waals surface area contributed by atoms with Gasteiger partial charge in [-0.1, -0.05) is 6.07 Å². The van der Waals surface area contributed by atoms with Crippen molar-refractivity contribution in [3.63, 3.8) is 0 Å². The van der Waals surface area contributed by atoms with Crippen LogP contribution < -0.4 is 10.2 Å². The van der Waals surface area contributed by atoms with Gasteiger partial charge in [-0.2, -0.15) is 5.26 Å². The first kappa shape index (κ1) is 13.8. The summed E-state index contributed by atoms with van der Waals surface area (Å²) < 4.78 is 14.4. The maximum absolute atomic E-state index is 14.4. The molecule has 2 rings (SSSR count). The van der Waals surface area contributed by atoms with E-state index < -0.39 is 0 Å². The number of halogens is 1. The zero-order chi connectivity index (χ0) is 13.8. The normalized spacial score (nSPS) is 16.1. The molecular weight excluding hydrogens is 243 g/mol. The van der Waals surface area contributed by atoms with Gasteiger partial charge in [0.05, 0.1) is 5.69 Å². The van der Waals surface area contributed by atoms with Crippen LogP contribution in [-0.4, -0.2) is 45.2 Å². The van der Waals surface area contributed by atoms with Crippen LogP contribution in [0.4, 0.5) is 10.1 Å². The third-order valence-electron chi connectivity index (χ3n) is 3.40. The van der Waals surface area contributed by atoms with Crippen LogP contribution in [-0.2, 0) is 6.54 Å². The largest absolute Gasteiger partial charge is 0.377 e. The summed E-state index contributed by atoms with van der Waals surface area (Å²) in [6, 6.07) is 5.58. The molecule has 1 fully saturated rings. The summed E-state index contributed by atoms with van der Waals surface area (Å²) in [5, 5.41) is 12.4. The van der Waals surface area contributed by atoms with E-state index in [2.05, 4.69) is 10.2 Å². The van der Waals surface area contributed by atoms with Crippen molar-refractivity contribution in [3.05, 3.63) is 29.1 Å². The number of benzene rings is 1. The molecule has 1 aromatic carbocycles. The topological polar surface area (TPSA) is 42.3 Å². The molecule has 0 aliphatic carbocycles. The number of anilines is 1. The van der Waals surface area contributed by atoms with Gasteiger partial charge in [0.25, 0.3) is 0 Å². The van der Waals surface area contributed by atoms with Crippen LogP contribution in [0.3, 0.4) is 0 Å². The minimum Gasteiger partial charge on any atom is -0.377 e. The Morgan fingerprint density at radius 3 is 2.63 bits per heavy atom. The van der Waals surface area contributed by atoms with E-state index in [1.54, 1.807) is 11.0 Å². The molecule has 1 aromatic rings. The average Bonchev–Trinajstić information content (AvgIpc) is 2.41. The minimum absolute atomic E-state index is 0.137. The maximum Gasteiger partial charge on any atom is 0.147 e. The van der Waals surface area contributed by atoms with Gasteiger partial charge < -0.3 is 10.2 Å². The Hall–Kier alpha value is -1.64. The first-order chi connectivity index (χ1) is 9.13. The molecule has 0 aromatic heterocycles. The molecule has 1 aliphatic heterocycles. The molecule has 4 nitrogen and oxygen atoms in total. The number of rotatable bonds is 3. The molecule has 0 unspecified atom stereocenters. The molecule has 19 heavy (non-hydrogen) atoms. The quantitative estimate of drug-likeness (QED) is 0.888. The fourth-order valence-electron chi connectivity index (χ4n) is 2.32. The van der Waals surface area contributed by atoms with Crippen molar-refractivity contribution >= 4 is 5.69 Å². The number of nitrogens with one attached hydrogen (secondary N) is 1. The number of nitriles is 1. The molecular formula is C14H19FN4. The van der Waals surface area contributed by atoms with Crippen molar-refractivity contribution < 1.29 is 4.39 Å². The molecule has 1 aliphatic rings. The lowest BCUT2D eigenvalue weighted by Gasteiger charge is -2.27. The highest BCUT2D eigenvalue weighted by Crippen LogP contribution is 2.24. The molecule has 5 heteroatoms. The van der Waals surface area contributed by atoms with E-state index >= 15 is 0 Å². The third kappa shape index (κ3) is 3.03. The molecule has 0 amide bonds. The van der Waals surface area contributed by atoms with E-state index in [0.29, 0.717) is 17.8 Å². The van der Waals surface area contributed by atoms with E-state index in [1.807, 2.05) is 26.2 Å². The van der Waals surface area contributed by atoms with Crippen LogP contribution in [0.15, 0.2) is 12.1 Å². The van der Waals surface area contributed by atoms with Crippen molar-refractivity contribution in [1.82, 2.24) is 10.2 Å². The van der Waals surface area contributed by atoms with Crippen LogP contribution in [0.25, 0.3) is 0 Å². The molecule has 0 saturated carbocycles. The molecule has 1 heterocycles. The smallest absolute Gasteiger partial charge is 0.147 e. The minimum atomic E-state index is -0.382. The Morgan fingerprint density at radius 1 is 1.37 bits per heavy atom. The maximum atomic E-state index is 14.4. The van der Waals surface area contributed by atoms with Gasteiger partial charge >= 0.3 is 0 Å². The van der Waals surface area contributed by atoms with E-state index in [0.717, 1.165) is 26.2 Å². The van der Waals surface area contributed by atoms with Gasteiger partial charge in [-0.05, 0) is 6.07 Å². The Bertz CT molecular complexity index is 487. The van der Waals surface area contributed by atoms with Crippen LogP contribution in [0, 0.1) is 17.1 Å². The monoisotopic (exact) mass is 262 g/mol. The van der Waals surface area contributed by atoms with Crippen LogP contribution in [0.2, 0.25) is 0 Å². The van der Waals surface area contributed by atoms with Crippen LogP contribution in [0.1, 0.15) is 11.1 Å². The lowest BCUT2D eigenvalue weighted by atomic mass is 10.1. The summed E-state index contributed by atoms with van der Waals surface area (Å²) in [7, 11) is 3.62. The highest BCUT2D eigenvalue weighted by Gasteiger charge is 2.17. The zero-order valence-corrected chi connectivity index (χ0v) is 11.4. The standard InChI is InChI=1S/C14H19FN4/c1-18(2)13-4-3-11(14(15)12(13)9-16)10-19-7-5-17-6-8-19/h3-4,17H,5-8,10H2,1-2H3. The van der Waals surface area contributed by atoms with E-state index in [4.69, 9.17) is 5.26 Å². The van der Waals surface area contributed by atoms with Gasteiger partial charge in [-0.3, -0.25) is 4.90 Å². The van der Waals surface area contributed by atoms with Crippen molar-refractivity contribution in [1.29, 1.82) is 5.26 Å². The second-order valence-corrected chi connectivity index (χ2v) is 4.97. The van der Waals surface area contributed by atoms with Crippen molar-refractivity contribution in [2.24, 2.45) is 0 Å². The molecule has 0 spiro atoms. The van der Waals surface area contributed by atoms with Crippen molar-refractivity contribution in [3.8, 4) is 6.07 Å². The summed E-state index contributed by atoms with van der Waals surface area (Å²) in [4.78, 5) is 3.96. The molecule has 0 atom stereocenters. The first-order valence-electron chi connectivity index (χ1n) is 6.45. The summed E-state index contributed by atoms with van der Waals surface area (Å²) in [6.45, 7) is 4.26. The van der Waals surface area contributed by atoms with Gasteiger partial charge in [0.1, 0.15) is 17.4 Å². The fraction of sp³-hybridized carbons (Fsp3) is 0.500. The van der Waals surface area contributed by atoms with Gasteiger partial charge in [0, 0.05) is 52.4 Å². The fourth-order valence-corrected chi connectivity index (χ4v) is 2.32. The average molecular weight is 262 g/mol. The highest BCUT2D eigenvalue weighted by atomic mass is 19.1. The molecule has 0 radical (unpaired) electrons. The lowest BCUT2D eigenvalue weighted by molar-refractivity contribution is 0.230. The van der Waals surface area contributed by atoms with Gasteiger partial charge in [-0.25, -0.2) is 4.39 Å². The van der Waals surface area contributed by atoms with E-state index in [1.165, 1.54) is 0 Å². The molecule has 102 valence electrons. The van der Waals surface area contributed by atoms with Crippen LogP contribution >= 0.6 is 0 Å². The zero-order valence-electron chi connectivity index (χ0n) is 11.4. The van der Waals surface area contributed by atoms with Gasteiger partial charge in [0.2, 0.25) is 0 Å². The Balaban J connectivity index is 2.24. The van der Waals surface area contributed by atoms with Crippen molar-refractivity contribution in [2.75, 3.05) is 45.2 Å². The molecule has 1 saturated heterocycles.